The van der Waals surface area contributed by atoms with Crippen molar-refractivity contribution in [1.29, 1.82) is 0 Å². The first kappa shape index (κ1) is 12.9. The summed E-state index contributed by atoms with van der Waals surface area (Å²) in [6, 6.07) is -2.09. The van der Waals surface area contributed by atoms with Crippen molar-refractivity contribution in [3.8, 4) is 0 Å². The maximum atomic E-state index is 11.2. The van der Waals surface area contributed by atoms with Gasteiger partial charge in [0.05, 0.1) is 13.2 Å². The van der Waals surface area contributed by atoms with Gasteiger partial charge in [0.1, 0.15) is 0 Å². The minimum Gasteiger partial charge on any atom is -0.480 e. The lowest BCUT2D eigenvalue weighted by atomic mass is 10.3. The summed E-state index contributed by atoms with van der Waals surface area (Å²) in [6.45, 7) is 0.911. The van der Waals surface area contributed by atoms with Crippen molar-refractivity contribution in [2.24, 2.45) is 0 Å². The van der Waals surface area contributed by atoms with Crippen molar-refractivity contribution in [1.82, 2.24) is 20.8 Å². The number of nitrogens with zero attached hydrogens (tertiary/aromatic N) is 2. The largest absolute Gasteiger partial charge is 0.480 e. The standard InChI is InChI=1S/C8H12N4O5/c1-4-10-6(12-17-4)2-9-8(16)11-5(3-13)7(14)15/h5,13H,2-3H2,1H3,(H,14,15)(H2,9,11,16)/t5-/m0/s1. The summed E-state index contributed by atoms with van der Waals surface area (Å²) in [5.41, 5.74) is 0. The molecule has 4 N–H and O–H groups in total. The Morgan fingerprint density at radius 2 is 2.24 bits per heavy atom. The van der Waals surface area contributed by atoms with E-state index in [4.69, 9.17) is 10.2 Å². The number of aliphatic hydroxyl groups excluding tert-OH is 1. The first-order valence-electron chi connectivity index (χ1n) is 4.70. The summed E-state index contributed by atoms with van der Waals surface area (Å²) in [7, 11) is 0. The first-order chi connectivity index (χ1) is 8.02. The number of aliphatic hydroxyl groups is 1. The number of aromatic nitrogens is 2. The number of urea groups is 1. The minimum absolute atomic E-state index is 0.000933. The molecule has 0 aliphatic rings. The Bertz CT molecular complexity index is 404. The summed E-state index contributed by atoms with van der Waals surface area (Å²) in [6.07, 6.45) is 0. The molecule has 1 aromatic heterocycles. The molecule has 0 aliphatic carbocycles. The number of nitrogens with one attached hydrogen (secondary N) is 2. The van der Waals surface area contributed by atoms with Crippen LogP contribution in [-0.2, 0) is 11.3 Å². The highest BCUT2D eigenvalue weighted by atomic mass is 16.5. The zero-order valence-corrected chi connectivity index (χ0v) is 9.01. The third-order valence-electron chi connectivity index (χ3n) is 1.76. The number of aliphatic carboxylic acids is 1. The van der Waals surface area contributed by atoms with Crippen LogP contribution < -0.4 is 10.6 Å². The highest BCUT2D eigenvalue weighted by Gasteiger charge is 2.18. The average Bonchev–Trinajstić information content (AvgIpc) is 2.68. The zero-order valence-electron chi connectivity index (χ0n) is 9.01. The molecule has 0 saturated carbocycles. The molecule has 9 heteroatoms. The number of carboxylic acid groups (broad SMARTS) is 1. The van der Waals surface area contributed by atoms with Gasteiger partial charge in [-0.3, -0.25) is 0 Å². The van der Waals surface area contributed by atoms with E-state index in [1.807, 2.05) is 0 Å². The van der Waals surface area contributed by atoms with Gasteiger partial charge in [-0.05, 0) is 0 Å². The SMILES string of the molecule is Cc1nc(CNC(=O)N[C@@H](CO)C(=O)O)no1. The second-order valence-corrected chi connectivity index (χ2v) is 3.13. The molecule has 17 heavy (non-hydrogen) atoms. The van der Waals surface area contributed by atoms with Crippen LogP contribution in [-0.4, -0.2) is 45.0 Å². The van der Waals surface area contributed by atoms with E-state index in [1.54, 1.807) is 6.92 Å². The maximum absolute atomic E-state index is 11.2. The van der Waals surface area contributed by atoms with Crippen LogP contribution in [0.1, 0.15) is 11.7 Å². The zero-order chi connectivity index (χ0) is 12.8. The van der Waals surface area contributed by atoms with E-state index in [0.717, 1.165) is 0 Å². The Kier molecular flexibility index (Phi) is 4.40. The number of carbonyl (C=O) groups excluding carboxylic acids is 1. The van der Waals surface area contributed by atoms with Gasteiger partial charge in [-0.1, -0.05) is 5.16 Å². The molecule has 0 fully saturated rings. The fraction of sp³-hybridized carbons (Fsp3) is 0.500. The van der Waals surface area contributed by atoms with Crippen LogP contribution in [0.2, 0.25) is 0 Å². The van der Waals surface area contributed by atoms with Gasteiger partial charge in [0.2, 0.25) is 5.89 Å². The van der Waals surface area contributed by atoms with Crippen molar-refractivity contribution >= 4 is 12.0 Å². The molecule has 0 saturated heterocycles. The number of amides is 2. The van der Waals surface area contributed by atoms with E-state index in [1.165, 1.54) is 0 Å². The monoisotopic (exact) mass is 244 g/mol. The van der Waals surface area contributed by atoms with Gasteiger partial charge in [0.15, 0.2) is 11.9 Å². The van der Waals surface area contributed by atoms with Crippen molar-refractivity contribution in [3.05, 3.63) is 11.7 Å². The number of aryl methyl sites for hydroxylation is 1. The topological polar surface area (TPSA) is 138 Å². The molecule has 2 amide bonds. The molecule has 1 atom stereocenters. The molecule has 0 unspecified atom stereocenters. The summed E-state index contributed by atoms with van der Waals surface area (Å²) < 4.78 is 4.67. The molecule has 0 spiro atoms. The number of hydrogen-bond donors (Lipinski definition) is 4. The predicted molar refractivity (Wildman–Crippen MR) is 52.9 cm³/mol. The Labute approximate surface area is 95.8 Å². The highest BCUT2D eigenvalue weighted by molar-refractivity contribution is 5.82. The quantitative estimate of drug-likeness (QED) is 0.501. The highest BCUT2D eigenvalue weighted by Crippen LogP contribution is 1.93. The summed E-state index contributed by atoms with van der Waals surface area (Å²) in [5.74, 6) is -0.687. The lowest BCUT2D eigenvalue weighted by Gasteiger charge is -2.11. The summed E-state index contributed by atoms with van der Waals surface area (Å²) >= 11 is 0. The van der Waals surface area contributed by atoms with Gasteiger partial charge < -0.3 is 25.4 Å². The van der Waals surface area contributed by atoms with Crippen LogP contribution in [0.3, 0.4) is 0 Å². The van der Waals surface area contributed by atoms with E-state index >= 15 is 0 Å². The summed E-state index contributed by atoms with van der Waals surface area (Å²) in [5, 5.41) is 25.1. The van der Waals surface area contributed by atoms with E-state index in [-0.39, 0.29) is 12.4 Å². The van der Waals surface area contributed by atoms with Crippen molar-refractivity contribution in [2.45, 2.75) is 19.5 Å². The third kappa shape index (κ3) is 4.07. The fourth-order valence-electron chi connectivity index (χ4n) is 0.967. The lowest BCUT2D eigenvalue weighted by molar-refractivity contribution is -0.140. The van der Waals surface area contributed by atoms with Gasteiger partial charge in [-0.2, -0.15) is 4.98 Å². The molecule has 9 nitrogen and oxygen atoms in total. The van der Waals surface area contributed by atoms with Crippen LogP contribution >= 0.6 is 0 Å². The lowest BCUT2D eigenvalue weighted by Crippen LogP contribution is -2.47. The Morgan fingerprint density at radius 1 is 1.53 bits per heavy atom. The number of rotatable bonds is 5. The van der Waals surface area contributed by atoms with Crippen LogP contribution in [0.4, 0.5) is 4.79 Å². The second-order valence-electron chi connectivity index (χ2n) is 3.13. The van der Waals surface area contributed by atoms with Gasteiger partial charge in [-0.25, -0.2) is 9.59 Å². The van der Waals surface area contributed by atoms with E-state index in [0.29, 0.717) is 5.89 Å². The molecule has 0 bridgehead atoms. The Morgan fingerprint density at radius 3 is 2.71 bits per heavy atom. The number of carboxylic acids is 1. The third-order valence-corrected chi connectivity index (χ3v) is 1.76. The van der Waals surface area contributed by atoms with Crippen LogP contribution in [0.25, 0.3) is 0 Å². The molecular formula is C8H12N4O5. The molecule has 1 aromatic rings. The molecule has 1 heterocycles. The van der Waals surface area contributed by atoms with E-state index in [9.17, 15) is 9.59 Å². The molecule has 0 aliphatic heterocycles. The molecule has 1 rings (SSSR count). The fourth-order valence-corrected chi connectivity index (χ4v) is 0.967. The van der Waals surface area contributed by atoms with Crippen LogP contribution in [0, 0.1) is 6.92 Å². The van der Waals surface area contributed by atoms with E-state index < -0.39 is 24.6 Å². The minimum atomic E-state index is -1.35. The van der Waals surface area contributed by atoms with Crippen molar-refractivity contribution < 1.29 is 24.3 Å². The van der Waals surface area contributed by atoms with Crippen LogP contribution in [0.5, 0.6) is 0 Å². The van der Waals surface area contributed by atoms with Crippen LogP contribution in [0.15, 0.2) is 4.52 Å². The molecule has 0 radical (unpaired) electrons. The molecule has 0 aromatic carbocycles. The summed E-state index contributed by atoms with van der Waals surface area (Å²) in [4.78, 5) is 25.5. The van der Waals surface area contributed by atoms with Crippen molar-refractivity contribution in [3.63, 3.8) is 0 Å². The maximum Gasteiger partial charge on any atom is 0.328 e. The Hall–Kier alpha value is -2.16. The smallest absolute Gasteiger partial charge is 0.328 e. The number of hydrogen-bond acceptors (Lipinski definition) is 6. The van der Waals surface area contributed by atoms with Gasteiger partial charge in [0, 0.05) is 6.92 Å². The molecular weight excluding hydrogens is 232 g/mol. The normalized spacial score (nSPS) is 11.9. The van der Waals surface area contributed by atoms with Gasteiger partial charge in [-0.15, -0.1) is 0 Å². The Balaban J connectivity index is 2.37. The predicted octanol–water partition coefficient (Wildman–Crippen LogP) is -1.38. The second kappa shape index (κ2) is 5.80. The number of carbonyl (C=O) groups is 2. The van der Waals surface area contributed by atoms with Gasteiger partial charge in [0.25, 0.3) is 0 Å². The van der Waals surface area contributed by atoms with Crippen molar-refractivity contribution in [2.75, 3.05) is 6.61 Å². The average molecular weight is 244 g/mol. The first-order valence-corrected chi connectivity index (χ1v) is 4.70. The van der Waals surface area contributed by atoms with Gasteiger partial charge >= 0.3 is 12.0 Å². The van der Waals surface area contributed by atoms with E-state index in [2.05, 4.69) is 25.3 Å². The molecule has 94 valence electrons.